The zero-order valence-electron chi connectivity index (χ0n) is 17.7. The highest BCUT2D eigenvalue weighted by molar-refractivity contribution is 7.99. The molecule has 0 spiro atoms. The van der Waals surface area contributed by atoms with Crippen molar-refractivity contribution in [1.29, 1.82) is 0 Å². The van der Waals surface area contributed by atoms with Crippen molar-refractivity contribution in [3.05, 3.63) is 88.5 Å². The number of hydrogen-bond donors (Lipinski definition) is 1. The molecule has 2 aliphatic heterocycles. The van der Waals surface area contributed by atoms with Crippen LogP contribution in [0, 0.1) is 6.92 Å². The summed E-state index contributed by atoms with van der Waals surface area (Å²) in [7, 11) is 0. The molecule has 0 radical (unpaired) electrons. The average Bonchev–Trinajstić information content (AvgIpc) is 3.33. The third-order valence-electron chi connectivity index (χ3n) is 6.09. The lowest BCUT2D eigenvalue weighted by molar-refractivity contribution is -0.137. The van der Waals surface area contributed by atoms with Crippen LogP contribution in [-0.4, -0.2) is 22.7 Å². The van der Waals surface area contributed by atoms with Gasteiger partial charge in [-0.15, -0.1) is 11.8 Å². The summed E-state index contributed by atoms with van der Waals surface area (Å²) in [5.74, 6) is 0.844. The van der Waals surface area contributed by atoms with E-state index in [1.54, 1.807) is 11.8 Å². The molecule has 0 fully saturated rings. The molecule has 162 valence electrons. The summed E-state index contributed by atoms with van der Waals surface area (Å²) in [6.45, 7) is 2.94. The van der Waals surface area contributed by atoms with Crippen molar-refractivity contribution in [3.8, 4) is 5.75 Å². The van der Waals surface area contributed by atoms with Crippen molar-refractivity contribution in [2.24, 2.45) is 0 Å². The van der Waals surface area contributed by atoms with Gasteiger partial charge in [0.05, 0.1) is 13.0 Å². The number of anilines is 1. The van der Waals surface area contributed by atoms with Gasteiger partial charge in [0.25, 0.3) is 5.91 Å². The Morgan fingerprint density at radius 1 is 1.16 bits per heavy atom. The van der Waals surface area contributed by atoms with Gasteiger partial charge in [0, 0.05) is 27.8 Å². The Balaban J connectivity index is 1.32. The second-order valence-electron chi connectivity index (χ2n) is 8.26. The molecule has 1 amide bonds. The third kappa shape index (κ3) is 3.86. The number of amides is 1. The van der Waals surface area contributed by atoms with Crippen molar-refractivity contribution >= 4 is 29.3 Å². The van der Waals surface area contributed by atoms with Crippen LogP contribution in [-0.2, 0) is 17.9 Å². The number of thioether (sulfide) groups is 1. The number of carbonyl (C=O) groups is 2. The molecule has 3 aromatic rings. The largest absolute Gasteiger partial charge is 0.489 e. The van der Waals surface area contributed by atoms with Crippen LogP contribution in [0.5, 0.6) is 5.75 Å². The van der Waals surface area contributed by atoms with E-state index in [2.05, 4.69) is 0 Å². The van der Waals surface area contributed by atoms with Crippen LogP contribution in [0.3, 0.4) is 0 Å². The molecular weight excluding hydrogens is 422 g/mol. The van der Waals surface area contributed by atoms with E-state index in [1.807, 2.05) is 72.5 Å². The van der Waals surface area contributed by atoms with Crippen molar-refractivity contribution < 1.29 is 19.4 Å². The summed E-state index contributed by atoms with van der Waals surface area (Å²) in [5, 5.41) is 9.10. The van der Waals surface area contributed by atoms with E-state index < -0.39 is 5.97 Å². The van der Waals surface area contributed by atoms with E-state index in [4.69, 9.17) is 9.84 Å². The molecule has 5 rings (SSSR count). The normalized spacial score (nSPS) is 16.7. The minimum absolute atomic E-state index is 0.0177. The molecule has 1 atom stereocenters. The van der Waals surface area contributed by atoms with Crippen LogP contribution in [0.1, 0.15) is 45.0 Å². The predicted molar refractivity (Wildman–Crippen MR) is 125 cm³/mol. The van der Waals surface area contributed by atoms with Crippen LogP contribution in [0.4, 0.5) is 5.69 Å². The monoisotopic (exact) mass is 445 g/mol. The SMILES string of the molecule is Cc1ccc(N2Cc3c(COc4ccc5c(c4)SCC5CC(=O)O)cccc3C2=O)cc1. The Morgan fingerprint density at radius 2 is 1.97 bits per heavy atom. The molecule has 0 saturated heterocycles. The first kappa shape index (κ1) is 20.6. The fourth-order valence-electron chi connectivity index (χ4n) is 4.35. The van der Waals surface area contributed by atoms with Gasteiger partial charge in [0.1, 0.15) is 12.4 Å². The van der Waals surface area contributed by atoms with Gasteiger partial charge in [-0.05, 0) is 53.9 Å². The van der Waals surface area contributed by atoms with Gasteiger partial charge >= 0.3 is 5.97 Å². The molecule has 6 heteroatoms. The van der Waals surface area contributed by atoms with Crippen molar-refractivity contribution in [1.82, 2.24) is 0 Å². The third-order valence-corrected chi connectivity index (χ3v) is 7.32. The summed E-state index contributed by atoms with van der Waals surface area (Å²) in [6.07, 6.45) is 0.155. The number of ether oxygens (including phenoxy) is 1. The van der Waals surface area contributed by atoms with Gasteiger partial charge in [0.2, 0.25) is 0 Å². The lowest BCUT2D eigenvalue weighted by atomic mass is 9.98. The van der Waals surface area contributed by atoms with Gasteiger partial charge in [-0.3, -0.25) is 9.59 Å². The number of benzene rings is 3. The number of rotatable bonds is 6. The highest BCUT2D eigenvalue weighted by atomic mass is 32.2. The zero-order chi connectivity index (χ0) is 22.2. The number of carboxylic acid groups (broad SMARTS) is 1. The summed E-state index contributed by atoms with van der Waals surface area (Å²) in [4.78, 5) is 27.0. The van der Waals surface area contributed by atoms with Gasteiger partial charge in [-0.25, -0.2) is 0 Å². The summed E-state index contributed by atoms with van der Waals surface area (Å²) in [5.41, 5.74) is 5.89. The van der Waals surface area contributed by atoms with Gasteiger partial charge in [-0.2, -0.15) is 0 Å². The highest BCUT2D eigenvalue weighted by Gasteiger charge is 2.30. The Labute approximate surface area is 191 Å². The Hall–Kier alpha value is -3.25. The molecule has 1 N–H and O–H groups in total. The predicted octanol–water partition coefficient (Wildman–Crippen LogP) is 5.40. The van der Waals surface area contributed by atoms with Crippen molar-refractivity contribution in [3.63, 3.8) is 0 Å². The van der Waals surface area contributed by atoms with E-state index in [-0.39, 0.29) is 18.2 Å². The molecular formula is C26H23NO4S. The van der Waals surface area contributed by atoms with Gasteiger partial charge in [-0.1, -0.05) is 35.9 Å². The molecule has 5 nitrogen and oxygen atoms in total. The quantitative estimate of drug-likeness (QED) is 0.550. The second-order valence-corrected chi connectivity index (χ2v) is 9.33. The zero-order valence-corrected chi connectivity index (χ0v) is 18.5. The number of carboxylic acids is 1. The van der Waals surface area contributed by atoms with Crippen molar-refractivity contribution in [2.75, 3.05) is 10.7 Å². The lowest BCUT2D eigenvalue weighted by Gasteiger charge is -2.16. The van der Waals surface area contributed by atoms with E-state index in [0.717, 1.165) is 49.9 Å². The van der Waals surface area contributed by atoms with Crippen molar-refractivity contribution in [2.45, 2.75) is 37.3 Å². The van der Waals surface area contributed by atoms with E-state index in [1.165, 1.54) is 0 Å². The average molecular weight is 446 g/mol. The van der Waals surface area contributed by atoms with Crippen LogP contribution < -0.4 is 9.64 Å². The minimum atomic E-state index is -0.768. The molecule has 0 aromatic heterocycles. The molecule has 0 bridgehead atoms. The van der Waals surface area contributed by atoms with Crippen LogP contribution in [0.2, 0.25) is 0 Å². The van der Waals surface area contributed by atoms with E-state index in [0.29, 0.717) is 13.2 Å². The van der Waals surface area contributed by atoms with E-state index in [9.17, 15) is 9.59 Å². The topological polar surface area (TPSA) is 66.8 Å². The summed E-state index contributed by atoms with van der Waals surface area (Å²) >= 11 is 1.68. The van der Waals surface area contributed by atoms with Gasteiger partial charge < -0.3 is 14.7 Å². The first-order valence-corrected chi connectivity index (χ1v) is 11.6. The fourth-order valence-corrected chi connectivity index (χ4v) is 5.63. The van der Waals surface area contributed by atoms with Crippen LogP contribution in [0.25, 0.3) is 0 Å². The maximum atomic E-state index is 13.0. The standard InChI is InChI=1S/C26H23NO4S/c1-16-5-7-19(8-6-16)27-13-23-17(3-2-4-22(23)26(27)30)14-31-20-9-10-21-18(11-25(28)29)15-32-24(21)12-20/h2-10,12,18H,11,13-15H2,1H3,(H,28,29). The summed E-state index contributed by atoms with van der Waals surface area (Å²) < 4.78 is 6.09. The first-order valence-electron chi connectivity index (χ1n) is 10.6. The molecule has 32 heavy (non-hydrogen) atoms. The Kier molecular flexibility index (Phi) is 5.39. The maximum Gasteiger partial charge on any atom is 0.303 e. The number of hydrogen-bond acceptors (Lipinski definition) is 4. The minimum Gasteiger partial charge on any atom is -0.489 e. The Morgan fingerprint density at radius 3 is 2.75 bits per heavy atom. The number of aliphatic carboxylic acids is 1. The number of nitrogens with zero attached hydrogens (tertiary/aromatic N) is 1. The van der Waals surface area contributed by atoms with Crippen LogP contribution in [0.15, 0.2) is 65.6 Å². The lowest BCUT2D eigenvalue weighted by Crippen LogP contribution is -2.22. The molecule has 0 saturated carbocycles. The molecule has 2 aliphatic rings. The number of aryl methyl sites for hydroxylation is 1. The van der Waals surface area contributed by atoms with Crippen LogP contribution >= 0.6 is 11.8 Å². The second kappa shape index (κ2) is 8.36. The molecule has 1 unspecified atom stereocenters. The number of fused-ring (bicyclic) bond motifs is 2. The highest BCUT2D eigenvalue weighted by Crippen LogP contribution is 2.43. The molecule has 3 aromatic carbocycles. The first-order chi connectivity index (χ1) is 15.5. The summed E-state index contributed by atoms with van der Waals surface area (Å²) in [6, 6.07) is 19.7. The molecule has 2 heterocycles. The fraction of sp³-hybridized carbons (Fsp3) is 0.231. The Bertz CT molecular complexity index is 1200. The maximum absolute atomic E-state index is 13.0. The van der Waals surface area contributed by atoms with Gasteiger partial charge in [0.15, 0.2) is 0 Å². The smallest absolute Gasteiger partial charge is 0.303 e. The number of carbonyl (C=O) groups excluding carboxylic acids is 1. The molecule has 0 aliphatic carbocycles. The van der Waals surface area contributed by atoms with E-state index >= 15 is 0 Å².